The summed E-state index contributed by atoms with van der Waals surface area (Å²) in [7, 11) is 0. The first-order valence-corrected chi connectivity index (χ1v) is 5.86. The smallest absolute Gasteiger partial charge is 0.227 e. The summed E-state index contributed by atoms with van der Waals surface area (Å²) in [6.45, 7) is 6.45. The van der Waals surface area contributed by atoms with Gasteiger partial charge in [0, 0.05) is 6.54 Å². The van der Waals surface area contributed by atoms with E-state index < -0.39 is 0 Å². The van der Waals surface area contributed by atoms with E-state index in [1.54, 1.807) is 0 Å². The van der Waals surface area contributed by atoms with Crippen LogP contribution in [0.5, 0.6) is 0 Å². The van der Waals surface area contributed by atoms with Crippen molar-refractivity contribution >= 4 is 11.7 Å². The summed E-state index contributed by atoms with van der Waals surface area (Å²) in [5.74, 6) is 0.340. The van der Waals surface area contributed by atoms with Crippen molar-refractivity contribution in [2.24, 2.45) is 5.92 Å². The largest absolute Gasteiger partial charge is 0.355 e. The zero-order chi connectivity index (χ0) is 11.7. The van der Waals surface area contributed by atoms with Gasteiger partial charge in [0.25, 0.3) is 0 Å². The minimum atomic E-state index is -0.141. The maximum atomic E-state index is 11.2. The lowest BCUT2D eigenvalue weighted by Gasteiger charge is -2.14. The average molecular weight is 213 g/mol. The predicted molar refractivity (Wildman–Crippen MR) is 61.6 cm³/mol. The monoisotopic (exact) mass is 213 g/mol. The third kappa shape index (κ3) is 8.16. The van der Waals surface area contributed by atoms with Gasteiger partial charge in [0.1, 0.15) is 5.78 Å². The first-order valence-electron chi connectivity index (χ1n) is 5.86. The second-order valence-corrected chi connectivity index (χ2v) is 4.10. The summed E-state index contributed by atoms with van der Waals surface area (Å²) >= 11 is 0. The first-order chi connectivity index (χ1) is 7.10. The Balaban J connectivity index is 3.69. The van der Waals surface area contributed by atoms with Crippen molar-refractivity contribution in [1.29, 1.82) is 0 Å². The van der Waals surface area contributed by atoms with Crippen molar-refractivity contribution < 1.29 is 9.59 Å². The normalized spacial score (nSPS) is 12.2. The molecule has 0 fully saturated rings. The summed E-state index contributed by atoms with van der Waals surface area (Å²) in [5.41, 5.74) is 0. The van der Waals surface area contributed by atoms with Crippen LogP contribution in [0, 0.1) is 5.92 Å². The summed E-state index contributed by atoms with van der Waals surface area (Å²) < 4.78 is 0. The number of Topliss-reactive ketones (excluding diaryl/α,β-unsaturated/α-hetero) is 1. The van der Waals surface area contributed by atoms with E-state index in [0.717, 1.165) is 12.8 Å². The highest BCUT2D eigenvalue weighted by atomic mass is 16.2. The Morgan fingerprint density at radius 1 is 1.27 bits per heavy atom. The van der Waals surface area contributed by atoms with Gasteiger partial charge >= 0.3 is 0 Å². The van der Waals surface area contributed by atoms with Gasteiger partial charge in [-0.05, 0) is 19.3 Å². The van der Waals surface area contributed by atoms with Crippen molar-refractivity contribution in [3.05, 3.63) is 0 Å². The molecule has 0 aliphatic rings. The molecule has 0 aromatic carbocycles. The van der Waals surface area contributed by atoms with Crippen LogP contribution in [0.4, 0.5) is 0 Å². The van der Waals surface area contributed by atoms with E-state index in [2.05, 4.69) is 19.2 Å². The fourth-order valence-electron chi connectivity index (χ4n) is 1.49. The van der Waals surface area contributed by atoms with Crippen LogP contribution in [-0.2, 0) is 9.59 Å². The number of amides is 1. The molecule has 0 aromatic heterocycles. The third-order valence-electron chi connectivity index (χ3n) is 2.54. The Morgan fingerprint density at radius 3 is 2.40 bits per heavy atom. The lowest BCUT2D eigenvalue weighted by Crippen LogP contribution is -2.30. The molecule has 0 unspecified atom stereocenters. The van der Waals surface area contributed by atoms with E-state index in [1.165, 1.54) is 19.8 Å². The van der Waals surface area contributed by atoms with Gasteiger partial charge < -0.3 is 5.32 Å². The van der Waals surface area contributed by atoms with E-state index in [1.807, 2.05) is 0 Å². The fraction of sp³-hybridized carbons (Fsp3) is 0.833. The van der Waals surface area contributed by atoms with Crippen LogP contribution in [0.15, 0.2) is 0 Å². The van der Waals surface area contributed by atoms with Gasteiger partial charge in [-0.3, -0.25) is 9.59 Å². The maximum absolute atomic E-state index is 11.2. The molecule has 0 aliphatic carbocycles. The molecule has 88 valence electrons. The molecular weight excluding hydrogens is 190 g/mol. The molecule has 0 spiro atoms. The van der Waals surface area contributed by atoms with Gasteiger partial charge in [-0.1, -0.05) is 33.1 Å². The zero-order valence-electron chi connectivity index (χ0n) is 10.1. The number of unbranched alkanes of at least 4 members (excludes halogenated alkanes) is 1. The summed E-state index contributed by atoms with van der Waals surface area (Å²) in [4.78, 5) is 21.9. The summed E-state index contributed by atoms with van der Waals surface area (Å²) in [5, 5.41) is 2.81. The van der Waals surface area contributed by atoms with Crippen LogP contribution in [0.1, 0.15) is 52.9 Å². The molecule has 0 aliphatic heterocycles. The summed E-state index contributed by atoms with van der Waals surface area (Å²) in [6.07, 6.45) is 4.66. The molecule has 3 heteroatoms. The molecule has 0 saturated heterocycles. The van der Waals surface area contributed by atoms with E-state index in [0.29, 0.717) is 12.5 Å². The third-order valence-corrected chi connectivity index (χ3v) is 2.54. The van der Waals surface area contributed by atoms with Gasteiger partial charge in [0.15, 0.2) is 0 Å². The molecule has 0 aromatic rings. The molecule has 3 nitrogen and oxygen atoms in total. The van der Waals surface area contributed by atoms with Gasteiger partial charge in [0.05, 0.1) is 6.42 Å². The zero-order valence-corrected chi connectivity index (χ0v) is 10.1. The molecule has 0 rings (SSSR count). The minimum Gasteiger partial charge on any atom is -0.355 e. The number of hydrogen-bond donors (Lipinski definition) is 1. The van der Waals surface area contributed by atoms with Crippen LogP contribution < -0.4 is 5.32 Å². The molecular formula is C12H23NO2. The lowest BCUT2D eigenvalue weighted by atomic mass is 9.99. The second kappa shape index (κ2) is 8.45. The lowest BCUT2D eigenvalue weighted by molar-refractivity contribution is -0.127. The Morgan fingerprint density at radius 2 is 1.93 bits per heavy atom. The molecule has 15 heavy (non-hydrogen) atoms. The predicted octanol–water partition coefficient (Wildman–Crippen LogP) is 2.30. The fourth-order valence-corrected chi connectivity index (χ4v) is 1.49. The van der Waals surface area contributed by atoms with Gasteiger partial charge in [-0.15, -0.1) is 0 Å². The number of carbonyl (C=O) groups excluding carboxylic acids is 2. The quantitative estimate of drug-likeness (QED) is 0.629. The molecule has 1 atom stereocenters. The Hall–Kier alpha value is -0.860. The number of nitrogens with one attached hydrogen (secondary N) is 1. The van der Waals surface area contributed by atoms with Crippen molar-refractivity contribution in [3.8, 4) is 0 Å². The van der Waals surface area contributed by atoms with Crippen LogP contribution >= 0.6 is 0 Å². The average Bonchev–Trinajstić information content (AvgIpc) is 2.17. The van der Waals surface area contributed by atoms with E-state index in [-0.39, 0.29) is 18.1 Å². The molecule has 0 radical (unpaired) electrons. The number of hydrogen-bond acceptors (Lipinski definition) is 2. The number of ketones is 1. The van der Waals surface area contributed by atoms with Gasteiger partial charge in [-0.2, -0.15) is 0 Å². The Labute approximate surface area is 92.6 Å². The van der Waals surface area contributed by atoms with Crippen molar-refractivity contribution in [2.45, 2.75) is 52.9 Å². The maximum Gasteiger partial charge on any atom is 0.227 e. The standard InChI is InChI=1S/C12H23NO2/c1-4-6-7-11(5-2)9-13-12(15)8-10(3)14/h11H,4-9H2,1-3H3,(H,13,15)/t11-/m1/s1. The van der Waals surface area contributed by atoms with E-state index in [9.17, 15) is 9.59 Å². The molecule has 0 heterocycles. The minimum absolute atomic E-state index is 0.0181. The first kappa shape index (κ1) is 14.1. The Bertz CT molecular complexity index is 202. The highest BCUT2D eigenvalue weighted by Crippen LogP contribution is 2.11. The van der Waals surface area contributed by atoms with Crippen LogP contribution in [0.2, 0.25) is 0 Å². The van der Waals surface area contributed by atoms with Crippen LogP contribution in [0.25, 0.3) is 0 Å². The highest BCUT2D eigenvalue weighted by Gasteiger charge is 2.09. The number of rotatable bonds is 8. The van der Waals surface area contributed by atoms with Crippen molar-refractivity contribution in [1.82, 2.24) is 5.32 Å². The highest BCUT2D eigenvalue weighted by molar-refractivity contribution is 5.96. The SMILES string of the molecule is CCCC[C@@H](CC)CNC(=O)CC(C)=O. The molecule has 1 amide bonds. The van der Waals surface area contributed by atoms with Crippen molar-refractivity contribution in [2.75, 3.05) is 6.54 Å². The van der Waals surface area contributed by atoms with E-state index >= 15 is 0 Å². The summed E-state index contributed by atoms with van der Waals surface area (Å²) in [6, 6.07) is 0. The van der Waals surface area contributed by atoms with Crippen LogP contribution in [0.3, 0.4) is 0 Å². The van der Waals surface area contributed by atoms with Gasteiger partial charge in [0.2, 0.25) is 5.91 Å². The Kier molecular flexibility index (Phi) is 7.96. The molecule has 1 N–H and O–H groups in total. The molecule has 0 bridgehead atoms. The second-order valence-electron chi connectivity index (χ2n) is 4.10. The van der Waals surface area contributed by atoms with Crippen molar-refractivity contribution in [3.63, 3.8) is 0 Å². The van der Waals surface area contributed by atoms with E-state index in [4.69, 9.17) is 0 Å². The van der Waals surface area contributed by atoms with Crippen LogP contribution in [-0.4, -0.2) is 18.2 Å². The topological polar surface area (TPSA) is 46.2 Å². The van der Waals surface area contributed by atoms with Gasteiger partial charge in [-0.25, -0.2) is 0 Å². The molecule has 0 saturated carbocycles. The number of carbonyl (C=O) groups is 2.